The van der Waals surface area contributed by atoms with Crippen LogP contribution in [0.15, 0.2) is 30.3 Å². The molecule has 1 unspecified atom stereocenters. The van der Waals surface area contributed by atoms with Crippen molar-refractivity contribution < 1.29 is 38.2 Å². The molecule has 1 aromatic rings. The van der Waals surface area contributed by atoms with E-state index in [0.717, 1.165) is 31.2 Å². The topological polar surface area (TPSA) is 119 Å². The molecule has 0 aromatic heterocycles. The number of nitrogens with zero attached hydrogens (tertiary/aromatic N) is 1. The van der Waals surface area contributed by atoms with Gasteiger partial charge in [-0.15, -0.1) is 4.48 Å². The Kier molecular flexibility index (Phi) is 11.7. The number of imide groups is 1. The van der Waals surface area contributed by atoms with Crippen LogP contribution in [0, 0.1) is 5.92 Å². The molecule has 1 aliphatic rings. The zero-order valence-corrected chi connectivity index (χ0v) is 22.7. The predicted molar refractivity (Wildman–Crippen MR) is 138 cm³/mol. The highest BCUT2D eigenvalue weighted by molar-refractivity contribution is 5.90. The van der Waals surface area contributed by atoms with E-state index in [4.69, 9.17) is 9.47 Å². The van der Waals surface area contributed by atoms with Gasteiger partial charge in [-0.2, -0.15) is 4.79 Å². The van der Waals surface area contributed by atoms with Gasteiger partial charge < -0.3 is 19.9 Å². The van der Waals surface area contributed by atoms with Crippen LogP contribution >= 0.6 is 0 Å². The zero-order chi connectivity index (χ0) is 27.5. The predicted octanol–water partition coefficient (Wildman–Crippen LogP) is 4.43. The van der Waals surface area contributed by atoms with E-state index in [1.807, 2.05) is 30.3 Å². The fraction of sp³-hybridized carbons (Fsp3) is 0.643. The Bertz CT molecular complexity index is 913. The molecule has 0 spiro atoms. The Morgan fingerprint density at radius 1 is 1.08 bits per heavy atom. The van der Waals surface area contributed by atoms with E-state index in [0.29, 0.717) is 19.4 Å². The molecule has 2 rings (SSSR count). The molecule has 9 heteroatoms. The zero-order valence-electron chi connectivity index (χ0n) is 22.7. The van der Waals surface area contributed by atoms with Crippen molar-refractivity contribution >= 4 is 23.9 Å². The molecule has 1 heterocycles. The van der Waals surface area contributed by atoms with E-state index in [1.165, 1.54) is 0 Å². The van der Waals surface area contributed by atoms with Gasteiger partial charge in [0.25, 0.3) is 0 Å². The molecule has 1 aliphatic heterocycles. The van der Waals surface area contributed by atoms with Crippen LogP contribution in [0.2, 0.25) is 0 Å². The fourth-order valence-corrected chi connectivity index (χ4v) is 4.65. The summed E-state index contributed by atoms with van der Waals surface area (Å²) in [6.45, 7) is 7.49. The molecule has 1 fully saturated rings. The average Bonchev–Trinajstić information content (AvgIpc) is 2.85. The van der Waals surface area contributed by atoms with Crippen LogP contribution in [0.1, 0.15) is 78.2 Å². The Morgan fingerprint density at radius 3 is 2.38 bits per heavy atom. The number of carbonyl (C=O) groups is 4. The van der Waals surface area contributed by atoms with Crippen molar-refractivity contribution in [2.24, 2.45) is 5.92 Å². The van der Waals surface area contributed by atoms with Crippen LogP contribution in [0.4, 0.5) is 4.79 Å². The van der Waals surface area contributed by atoms with E-state index >= 15 is 0 Å². The number of carboxylic acids is 1. The molecule has 0 radical (unpaired) electrons. The lowest BCUT2D eigenvalue weighted by atomic mass is 9.93. The first-order valence-corrected chi connectivity index (χ1v) is 13.3. The Hall–Kier alpha value is -2.78. The number of carboxylic acid groups (broad SMARTS) is 1. The minimum Gasteiger partial charge on any atom is -0.481 e. The van der Waals surface area contributed by atoms with Gasteiger partial charge in [0, 0.05) is 6.54 Å². The molecule has 3 atom stereocenters. The van der Waals surface area contributed by atoms with Crippen LogP contribution in [0.5, 0.6) is 0 Å². The maximum Gasteiger partial charge on any atom is 0.524 e. The normalized spacial score (nSPS) is 20.6. The molecule has 1 aromatic carbocycles. The number of piperazine rings is 1. The van der Waals surface area contributed by atoms with Crippen LogP contribution < -0.4 is 5.32 Å². The molecular formula is C28H43N2O7+. The summed E-state index contributed by atoms with van der Waals surface area (Å²) in [5, 5.41) is 12.7. The van der Waals surface area contributed by atoms with Crippen LogP contribution in [-0.2, 0) is 30.5 Å². The first kappa shape index (κ1) is 30.4. The minimum absolute atomic E-state index is 0.00529. The number of unbranched alkanes of at least 4 members (excludes halogenated alkanes) is 4. The number of hydrogen-bond acceptors (Lipinski definition) is 7. The van der Waals surface area contributed by atoms with Gasteiger partial charge >= 0.3 is 23.9 Å². The summed E-state index contributed by atoms with van der Waals surface area (Å²) in [6.07, 6.45) is 3.74. The summed E-state index contributed by atoms with van der Waals surface area (Å²) in [5.41, 5.74) is -0.133. The van der Waals surface area contributed by atoms with Crippen molar-refractivity contribution in [3.8, 4) is 0 Å². The van der Waals surface area contributed by atoms with Crippen molar-refractivity contribution in [3.63, 3.8) is 0 Å². The van der Waals surface area contributed by atoms with Gasteiger partial charge in [0.1, 0.15) is 18.8 Å². The molecule has 37 heavy (non-hydrogen) atoms. The highest BCUT2D eigenvalue weighted by Crippen LogP contribution is 2.30. The number of nitrogens with one attached hydrogen (secondary N) is 1. The summed E-state index contributed by atoms with van der Waals surface area (Å²) in [5.74, 6) is -3.33. The van der Waals surface area contributed by atoms with Gasteiger partial charge in [0.05, 0.1) is 18.9 Å². The summed E-state index contributed by atoms with van der Waals surface area (Å²) in [7, 11) is 0. The number of esters is 1. The average molecular weight is 520 g/mol. The number of aliphatic carboxylic acids is 1. The summed E-state index contributed by atoms with van der Waals surface area (Å²) < 4.78 is 10.4. The van der Waals surface area contributed by atoms with E-state index in [-0.39, 0.29) is 19.7 Å². The standard InChI is InChI=1S/C28H42N2O7/c1-5-6-7-8-12-15-22(18-24(31)32)25(33)30(27(35)37-28(2,3)4)17-16-29-19-23(30)26(34)36-20-21-13-10-9-11-14-21/h9-11,13-14,22-23,29H,5-8,12,15-20H2,1-4H3/p+1/t22-,23?,30-/m1/s1. The minimum atomic E-state index is -1.18. The number of hydrogen-bond donors (Lipinski definition) is 2. The summed E-state index contributed by atoms with van der Waals surface area (Å²) in [6, 6.07) is 7.95. The second kappa shape index (κ2) is 14.2. The maximum atomic E-state index is 14.2. The van der Waals surface area contributed by atoms with Crippen molar-refractivity contribution in [1.82, 2.24) is 5.32 Å². The first-order chi connectivity index (χ1) is 17.5. The smallest absolute Gasteiger partial charge is 0.481 e. The van der Waals surface area contributed by atoms with Crippen LogP contribution in [-0.4, -0.2) is 64.8 Å². The lowest BCUT2D eigenvalue weighted by molar-refractivity contribution is -0.806. The van der Waals surface area contributed by atoms with Crippen molar-refractivity contribution in [1.29, 1.82) is 0 Å². The molecule has 9 nitrogen and oxygen atoms in total. The lowest BCUT2D eigenvalue weighted by Gasteiger charge is -2.42. The summed E-state index contributed by atoms with van der Waals surface area (Å²) in [4.78, 5) is 53.0. The monoisotopic (exact) mass is 519 g/mol. The van der Waals surface area contributed by atoms with E-state index in [2.05, 4.69) is 12.2 Å². The molecule has 1 saturated heterocycles. The Balaban J connectivity index is 2.39. The molecular weight excluding hydrogens is 476 g/mol. The maximum absolute atomic E-state index is 14.2. The number of benzene rings is 1. The van der Waals surface area contributed by atoms with Crippen molar-refractivity contribution in [3.05, 3.63) is 35.9 Å². The van der Waals surface area contributed by atoms with E-state index in [9.17, 15) is 24.3 Å². The molecule has 0 saturated carbocycles. The number of ether oxygens (including phenoxy) is 2. The number of rotatable bonds is 12. The second-order valence-corrected chi connectivity index (χ2v) is 10.7. The van der Waals surface area contributed by atoms with E-state index < -0.39 is 52.4 Å². The number of amides is 2. The van der Waals surface area contributed by atoms with Crippen molar-refractivity contribution in [2.75, 3.05) is 19.6 Å². The largest absolute Gasteiger partial charge is 0.524 e. The number of carbonyl (C=O) groups excluding carboxylic acids is 3. The van der Waals surface area contributed by atoms with Gasteiger partial charge in [-0.25, -0.2) is 9.59 Å². The SMILES string of the molecule is CCCCCCC[C@H](CC(=O)O)C(=O)[N@@+]1(C(=O)OC(C)(C)C)CCNCC1C(=O)OCc1ccccc1. The van der Waals surface area contributed by atoms with Crippen molar-refractivity contribution in [2.45, 2.75) is 90.9 Å². The van der Waals surface area contributed by atoms with E-state index in [1.54, 1.807) is 20.8 Å². The van der Waals surface area contributed by atoms with Crippen LogP contribution in [0.3, 0.4) is 0 Å². The van der Waals surface area contributed by atoms with Gasteiger partial charge in [-0.3, -0.25) is 4.79 Å². The third-order valence-electron chi connectivity index (χ3n) is 6.55. The lowest BCUT2D eigenvalue weighted by Crippen LogP contribution is -2.74. The van der Waals surface area contributed by atoms with Gasteiger partial charge in [-0.05, 0) is 32.8 Å². The fourth-order valence-electron chi connectivity index (χ4n) is 4.65. The first-order valence-electron chi connectivity index (χ1n) is 13.3. The van der Waals surface area contributed by atoms with Crippen LogP contribution in [0.25, 0.3) is 0 Å². The van der Waals surface area contributed by atoms with Gasteiger partial charge in [0.2, 0.25) is 6.04 Å². The Morgan fingerprint density at radius 2 is 1.76 bits per heavy atom. The molecule has 206 valence electrons. The molecule has 0 bridgehead atoms. The molecule has 2 N–H and O–H groups in total. The molecule has 0 aliphatic carbocycles. The third-order valence-corrected chi connectivity index (χ3v) is 6.55. The second-order valence-electron chi connectivity index (χ2n) is 10.7. The highest BCUT2D eigenvalue weighted by Gasteiger charge is 2.60. The summed E-state index contributed by atoms with van der Waals surface area (Å²) >= 11 is 0. The number of quaternary nitrogens is 1. The molecule has 2 amide bonds. The van der Waals surface area contributed by atoms with Gasteiger partial charge in [-0.1, -0.05) is 69.4 Å². The third kappa shape index (κ3) is 8.93. The quantitative estimate of drug-likeness (QED) is 0.236. The highest BCUT2D eigenvalue weighted by atomic mass is 16.6. The Labute approximate surface area is 220 Å². The van der Waals surface area contributed by atoms with Gasteiger partial charge in [0.15, 0.2) is 0 Å².